The van der Waals surface area contributed by atoms with Gasteiger partial charge in [-0.3, -0.25) is 47.5 Å². The van der Waals surface area contributed by atoms with Crippen LogP contribution in [0.25, 0.3) is 0 Å². The molecule has 2 aliphatic heterocycles. The standard InChI is InChI=1S/C49H52N5O14PS/c1-30-25-53(47(58)51-45(30)56)43-23-39(65-32(3)55)42(67-43)28-64-69(60,70-29-36-13-9-10-22-50-36)68-40-24-44(54-26-31(2)46(57)52-48(54)59)66-41(40)27-63-49(33-11-7-6-8-12-33,34-14-18-37(61-4)19-15-34)35-16-20-38(62-5)21-17-35/h6-22,25-26,39-44H,23-24,27-29H2,1-5H3,(H,51,56,58)(H,52,57,59)/t39-,40-,41+,42+,43+,44+,69?/m0/s1. The van der Waals surface area contributed by atoms with Crippen LogP contribution in [0, 0.1) is 13.8 Å². The SMILES string of the molecule is COc1ccc(C(OC[C@H]2O[C@@H](n3cc(C)c(=O)[nH]c3=O)C[C@@H]2OP(=O)(OC[C@H]2O[C@@H](n3cc(C)c(=O)[nH]c3=O)C[C@@H]2OC(C)=O)SCc2ccccn2)(c2ccccc2)c2ccc(OC)cc2)cc1. The molecule has 0 aliphatic carbocycles. The molecule has 368 valence electrons. The van der Waals surface area contributed by atoms with Gasteiger partial charge in [-0.25, -0.2) is 14.2 Å². The maximum atomic E-state index is 15.5. The van der Waals surface area contributed by atoms with E-state index in [9.17, 15) is 24.0 Å². The van der Waals surface area contributed by atoms with E-state index in [1.807, 2.05) is 78.9 Å². The molecule has 21 heteroatoms. The highest BCUT2D eigenvalue weighted by Gasteiger charge is 2.47. The third kappa shape index (κ3) is 11.1. The van der Waals surface area contributed by atoms with Crippen LogP contribution in [0.4, 0.5) is 0 Å². The van der Waals surface area contributed by atoms with Crippen LogP contribution in [0.3, 0.4) is 0 Å². The molecular formula is C49H52N5O14PS. The predicted octanol–water partition coefficient (Wildman–Crippen LogP) is 6.07. The van der Waals surface area contributed by atoms with E-state index < -0.39 is 84.3 Å². The fraction of sp³-hybridized carbons (Fsp3) is 0.347. The molecule has 3 aromatic carbocycles. The van der Waals surface area contributed by atoms with Gasteiger partial charge in [-0.1, -0.05) is 60.7 Å². The van der Waals surface area contributed by atoms with Crippen LogP contribution < -0.4 is 32.0 Å². The molecule has 70 heavy (non-hydrogen) atoms. The van der Waals surface area contributed by atoms with Crippen molar-refractivity contribution in [3.63, 3.8) is 0 Å². The normalized spacial score (nSPS) is 21.0. The summed E-state index contributed by atoms with van der Waals surface area (Å²) in [6.45, 7) is -0.721. The summed E-state index contributed by atoms with van der Waals surface area (Å²) in [5, 5.41) is 0. The van der Waals surface area contributed by atoms with Gasteiger partial charge in [0, 0.05) is 55.2 Å². The largest absolute Gasteiger partial charge is 0.497 e. The van der Waals surface area contributed by atoms with Crippen LogP contribution in [0.15, 0.2) is 135 Å². The van der Waals surface area contributed by atoms with Crippen molar-refractivity contribution in [3.8, 4) is 11.5 Å². The third-order valence-electron chi connectivity index (χ3n) is 12.0. The monoisotopic (exact) mass is 997 g/mol. The Hall–Kier alpha value is -6.38. The molecule has 2 aliphatic rings. The molecule has 2 fully saturated rings. The number of carbonyl (C=O) groups is 1. The van der Waals surface area contributed by atoms with E-state index in [0.29, 0.717) is 17.2 Å². The topological polar surface area (TPSA) is 231 Å². The lowest BCUT2D eigenvalue weighted by Crippen LogP contribution is -2.38. The number of hydrogen-bond acceptors (Lipinski definition) is 16. The molecule has 8 rings (SSSR count). The number of carbonyl (C=O) groups excluding carboxylic acids is 1. The zero-order valence-electron chi connectivity index (χ0n) is 38.9. The minimum Gasteiger partial charge on any atom is -0.497 e. The number of hydrogen-bond donors (Lipinski definition) is 2. The van der Waals surface area contributed by atoms with Crippen LogP contribution in [0.1, 0.15) is 65.7 Å². The minimum absolute atomic E-state index is 0.00167. The van der Waals surface area contributed by atoms with Crippen molar-refractivity contribution in [2.75, 3.05) is 27.4 Å². The molecule has 0 saturated carbocycles. The first-order chi connectivity index (χ1) is 33.7. The van der Waals surface area contributed by atoms with Crippen molar-refractivity contribution < 1.29 is 46.8 Å². The van der Waals surface area contributed by atoms with Crippen molar-refractivity contribution in [2.24, 2.45) is 0 Å². The molecule has 6 aromatic rings. The van der Waals surface area contributed by atoms with E-state index in [1.165, 1.54) is 35.4 Å². The number of pyridine rings is 1. The summed E-state index contributed by atoms with van der Waals surface area (Å²) in [7, 11) is 3.15. The number of aromatic amines is 2. The number of rotatable bonds is 19. The van der Waals surface area contributed by atoms with Crippen molar-refractivity contribution >= 4 is 24.1 Å². The van der Waals surface area contributed by atoms with Gasteiger partial charge < -0.3 is 28.4 Å². The summed E-state index contributed by atoms with van der Waals surface area (Å²) in [4.78, 5) is 72.4. The Balaban J connectivity index is 1.16. The Kier molecular flexibility index (Phi) is 15.5. The second-order valence-corrected chi connectivity index (χ2v) is 20.7. The van der Waals surface area contributed by atoms with Crippen molar-refractivity contribution in [3.05, 3.63) is 191 Å². The Bertz CT molecular complexity index is 3010. The summed E-state index contributed by atoms with van der Waals surface area (Å²) in [5.74, 6) is 0.673. The first-order valence-corrected chi connectivity index (χ1v) is 25.4. The van der Waals surface area contributed by atoms with E-state index in [0.717, 1.165) is 28.1 Å². The zero-order valence-corrected chi connectivity index (χ0v) is 40.6. The van der Waals surface area contributed by atoms with Gasteiger partial charge in [0.25, 0.3) is 11.1 Å². The summed E-state index contributed by atoms with van der Waals surface area (Å²) in [6, 6.07) is 29.7. The van der Waals surface area contributed by atoms with Gasteiger partial charge >= 0.3 is 24.1 Å². The quantitative estimate of drug-likeness (QED) is 0.0532. The van der Waals surface area contributed by atoms with Gasteiger partial charge in [-0.2, -0.15) is 0 Å². The molecule has 0 spiro atoms. The summed E-state index contributed by atoms with van der Waals surface area (Å²) >= 11 is 0.848. The number of methoxy groups -OCH3 is 2. The first-order valence-electron chi connectivity index (χ1n) is 22.3. The Morgan fingerprint density at radius 1 is 0.729 bits per heavy atom. The molecule has 2 saturated heterocycles. The first kappa shape index (κ1) is 50.0. The molecule has 0 bridgehead atoms. The average molecular weight is 998 g/mol. The second kappa shape index (κ2) is 21.7. The predicted molar refractivity (Wildman–Crippen MR) is 257 cm³/mol. The lowest BCUT2D eigenvalue weighted by molar-refractivity contribution is -0.150. The molecule has 3 aromatic heterocycles. The zero-order chi connectivity index (χ0) is 49.6. The van der Waals surface area contributed by atoms with Gasteiger partial charge in [0.1, 0.15) is 54.0 Å². The lowest BCUT2D eigenvalue weighted by Gasteiger charge is -2.37. The summed E-state index contributed by atoms with van der Waals surface area (Å²) in [6.07, 6.45) is -1.94. The fourth-order valence-electron chi connectivity index (χ4n) is 8.43. The lowest BCUT2D eigenvalue weighted by atomic mass is 9.80. The molecule has 0 amide bonds. The number of H-pyrrole nitrogens is 2. The highest BCUT2D eigenvalue weighted by atomic mass is 32.7. The maximum absolute atomic E-state index is 15.5. The van der Waals surface area contributed by atoms with E-state index in [1.54, 1.807) is 45.5 Å². The number of benzene rings is 3. The molecule has 1 unspecified atom stereocenters. The molecular weight excluding hydrogens is 946 g/mol. The van der Waals surface area contributed by atoms with Gasteiger partial charge in [-0.05, 0) is 78.3 Å². The molecule has 19 nitrogen and oxygen atoms in total. The van der Waals surface area contributed by atoms with Crippen LogP contribution >= 0.6 is 18.2 Å². The Morgan fingerprint density at radius 2 is 1.24 bits per heavy atom. The molecule has 0 radical (unpaired) electrons. The highest BCUT2D eigenvalue weighted by molar-refractivity contribution is 8.54. The van der Waals surface area contributed by atoms with E-state index in [2.05, 4.69) is 15.0 Å². The van der Waals surface area contributed by atoms with E-state index >= 15 is 4.57 Å². The minimum atomic E-state index is -4.37. The van der Waals surface area contributed by atoms with Crippen molar-refractivity contribution in [2.45, 2.75) is 81.8 Å². The van der Waals surface area contributed by atoms with Crippen LogP contribution in [0.2, 0.25) is 0 Å². The van der Waals surface area contributed by atoms with Crippen LogP contribution in [-0.2, 0) is 48.7 Å². The summed E-state index contributed by atoms with van der Waals surface area (Å²) < 4.78 is 67.6. The number of nitrogens with zero attached hydrogens (tertiary/aromatic N) is 3. The van der Waals surface area contributed by atoms with Crippen LogP contribution in [0.5, 0.6) is 11.5 Å². The maximum Gasteiger partial charge on any atom is 0.389 e. The van der Waals surface area contributed by atoms with Gasteiger partial charge in [0.15, 0.2) is 0 Å². The highest BCUT2D eigenvalue weighted by Crippen LogP contribution is 2.64. The molecule has 5 heterocycles. The Labute approximate surface area is 405 Å². The molecule has 2 N–H and O–H groups in total. The third-order valence-corrected chi connectivity index (χ3v) is 15.6. The van der Waals surface area contributed by atoms with E-state index in [4.69, 9.17) is 37.5 Å². The van der Waals surface area contributed by atoms with Gasteiger partial charge in [0.05, 0.1) is 33.1 Å². The number of aromatic nitrogens is 5. The summed E-state index contributed by atoms with van der Waals surface area (Å²) in [5.41, 5.74) is -0.661. The smallest absolute Gasteiger partial charge is 0.389 e. The van der Waals surface area contributed by atoms with Crippen LogP contribution in [-0.4, -0.2) is 81.9 Å². The number of esters is 1. The number of ether oxygens (including phenoxy) is 6. The van der Waals surface area contributed by atoms with E-state index in [-0.39, 0.29) is 36.3 Å². The fourth-order valence-corrected chi connectivity index (χ4v) is 11.8. The average Bonchev–Trinajstić information content (AvgIpc) is 3.96. The second-order valence-electron chi connectivity index (χ2n) is 16.6. The van der Waals surface area contributed by atoms with Gasteiger partial charge in [0.2, 0.25) is 0 Å². The number of aryl methyl sites for hydroxylation is 2. The van der Waals surface area contributed by atoms with Gasteiger partial charge in [-0.15, -0.1) is 0 Å². The molecule has 7 atom stereocenters. The number of nitrogens with one attached hydrogen (secondary N) is 2. The van der Waals surface area contributed by atoms with Crippen molar-refractivity contribution in [1.82, 2.24) is 24.1 Å². The Morgan fingerprint density at radius 3 is 1.76 bits per heavy atom. The van der Waals surface area contributed by atoms with Crippen molar-refractivity contribution in [1.29, 1.82) is 0 Å².